The Bertz CT molecular complexity index is 240. The summed E-state index contributed by atoms with van der Waals surface area (Å²) in [5.74, 6) is 0. The number of likely N-dealkylation sites (N-methyl/N-ethyl adjacent to an activating group) is 1. The van der Waals surface area contributed by atoms with E-state index in [9.17, 15) is 0 Å². The topological polar surface area (TPSA) is 0 Å². The minimum Gasteiger partial charge on any atom is -0.318 e. The van der Waals surface area contributed by atoms with Gasteiger partial charge in [-0.05, 0) is 52.0 Å². The molecule has 0 aromatic heterocycles. The molecular formula is C15H30N+. The molecule has 0 bridgehead atoms. The average molecular weight is 224 g/mol. The molecule has 0 amide bonds. The first-order valence-corrected chi connectivity index (χ1v) is 7.15. The van der Waals surface area contributed by atoms with E-state index in [0.717, 1.165) is 6.04 Å². The molecule has 1 fully saturated rings. The second-order valence-corrected chi connectivity index (χ2v) is 5.44. The first-order valence-electron chi connectivity index (χ1n) is 7.15. The lowest BCUT2D eigenvalue weighted by Gasteiger charge is -2.43. The highest BCUT2D eigenvalue weighted by Crippen LogP contribution is 2.35. The van der Waals surface area contributed by atoms with Crippen LogP contribution >= 0.6 is 0 Å². The normalized spacial score (nSPS) is 17.4. The van der Waals surface area contributed by atoms with Crippen LogP contribution in [0.3, 0.4) is 0 Å². The Balaban J connectivity index is 2.84. The fourth-order valence-corrected chi connectivity index (χ4v) is 3.14. The van der Waals surface area contributed by atoms with E-state index in [1.54, 1.807) is 11.1 Å². The Labute approximate surface area is 102 Å². The zero-order chi connectivity index (χ0) is 12.2. The van der Waals surface area contributed by atoms with Crippen molar-refractivity contribution in [2.24, 2.45) is 0 Å². The van der Waals surface area contributed by atoms with Gasteiger partial charge in [-0.25, -0.2) is 0 Å². The van der Waals surface area contributed by atoms with Crippen molar-refractivity contribution in [3.63, 3.8) is 0 Å². The maximum Gasteiger partial charge on any atom is 0.108 e. The van der Waals surface area contributed by atoms with Crippen molar-refractivity contribution in [2.75, 3.05) is 19.6 Å². The smallest absolute Gasteiger partial charge is 0.108 e. The highest BCUT2D eigenvalue weighted by atomic mass is 15.4. The van der Waals surface area contributed by atoms with Crippen LogP contribution in [-0.2, 0) is 0 Å². The molecule has 1 rings (SSSR count). The van der Waals surface area contributed by atoms with Crippen LogP contribution in [0, 0.1) is 0 Å². The molecule has 0 aromatic rings. The van der Waals surface area contributed by atoms with Crippen LogP contribution in [0.25, 0.3) is 0 Å². The molecular weight excluding hydrogens is 194 g/mol. The summed E-state index contributed by atoms with van der Waals surface area (Å²) < 4.78 is 1.31. The molecule has 16 heavy (non-hydrogen) atoms. The summed E-state index contributed by atoms with van der Waals surface area (Å²) >= 11 is 0. The fourth-order valence-electron chi connectivity index (χ4n) is 3.14. The molecule has 1 unspecified atom stereocenters. The molecule has 0 N–H and O–H groups in total. The summed E-state index contributed by atoms with van der Waals surface area (Å²) in [6.45, 7) is 15.8. The fraction of sp³-hybridized carbons (Fsp3) is 0.867. The van der Waals surface area contributed by atoms with E-state index < -0.39 is 0 Å². The first-order chi connectivity index (χ1) is 7.61. The third-order valence-electron chi connectivity index (χ3n) is 4.47. The van der Waals surface area contributed by atoms with Gasteiger partial charge in [0.05, 0.1) is 19.6 Å². The number of nitrogens with zero attached hydrogens (tertiary/aromatic N) is 1. The Morgan fingerprint density at radius 1 is 1.12 bits per heavy atom. The van der Waals surface area contributed by atoms with Crippen molar-refractivity contribution >= 4 is 0 Å². The van der Waals surface area contributed by atoms with Crippen LogP contribution in [0.5, 0.6) is 0 Å². The van der Waals surface area contributed by atoms with E-state index in [2.05, 4.69) is 34.6 Å². The summed E-state index contributed by atoms with van der Waals surface area (Å²) in [5.41, 5.74) is 3.44. The van der Waals surface area contributed by atoms with Gasteiger partial charge in [-0.2, -0.15) is 0 Å². The van der Waals surface area contributed by atoms with Crippen LogP contribution in [0.15, 0.2) is 11.1 Å². The largest absolute Gasteiger partial charge is 0.318 e. The predicted octanol–water partition coefficient (Wildman–Crippen LogP) is 4.14. The van der Waals surface area contributed by atoms with Gasteiger partial charge in [0.2, 0.25) is 0 Å². The van der Waals surface area contributed by atoms with E-state index in [0.29, 0.717) is 0 Å². The van der Waals surface area contributed by atoms with Gasteiger partial charge in [0.25, 0.3) is 0 Å². The van der Waals surface area contributed by atoms with Crippen LogP contribution in [0.1, 0.15) is 60.3 Å². The number of allylic oxidation sites excluding steroid dienone is 1. The predicted molar refractivity (Wildman–Crippen MR) is 72.5 cm³/mol. The Morgan fingerprint density at radius 3 is 1.94 bits per heavy atom. The quantitative estimate of drug-likeness (QED) is 0.450. The van der Waals surface area contributed by atoms with Crippen molar-refractivity contribution in [1.29, 1.82) is 0 Å². The number of quaternary nitrogens is 1. The van der Waals surface area contributed by atoms with Gasteiger partial charge < -0.3 is 4.48 Å². The lowest BCUT2D eigenvalue weighted by Crippen LogP contribution is -2.55. The van der Waals surface area contributed by atoms with Gasteiger partial charge >= 0.3 is 0 Å². The average Bonchev–Trinajstić information content (AvgIpc) is 3.10. The molecule has 0 saturated heterocycles. The molecule has 0 aliphatic heterocycles. The van der Waals surface area contributed by atoms with Crippen LogP contribution < -0.4 is 0 Å². The van der Waals surface area contributed by atoms with Crippen LogP contribution in [0.4, 0.5) is 0 Å². The van der Waals surface area contributed by atoms with Gasteiger partial charge in [0.15, 0.2) is 0 Å². The summed E-state index contributed by atoms with van der Waals surface area (Å²) in [6, 6.07) is 0.738. The summed E-state index contributed by atoms with van der Waals surface area (Å²) in [6.07, 6.45) is 5.36. The van der Waals surface area contributed by atoms with Crippen molar-refractivity contribution < 1.29 is 4.48 Å². The zero-order valence-corrected chi connectivity index (χ0v) is 12.0. The van der Waals surface area contributed by atoms with Gasteiger partial charge in [-0.15, -0.1) is 0 Å². The van der Waals surface area contributed by atoms with Gasteiger partial charge in [-0.3, -0.25) is 0 Å². The molecule has 1 aliphatic rings. The molecule has 0 spiro atoms. The standard InChI is InChI=1S/C15H30N/c1-6-11-16(8-3,12-7-2)14(5)13(4)15-9-10-15/h14H,6-12H2,1-5H3/q+1. The lowest BCUT2D eigenvalue weighted by atomic mass is 10.0. The molecule has 0 radical (unpaired) electrons. The Kier molecular flexibility index (Phi) is 5.04. The molecule has 1 nitrogen and oxygen atoms in total. The van der Waals surface area contributed by atoms with Crippen molar-refractivity contribution in [2.45, 2.75) is 66.3 Å². The second-order valence-electron chi connectivity index (χ2n) is 5.44. The van der Waals surface area contributed by atoms with Gasteiger partial charge in [0, 0.05) is 0 Å². The van der Waals surface area contributed by atoms with E-state index >= 15 is 0 Å². The summed E-state index contributed by atoms with van der Waals surface area (Å²) in [7, 11) is 0. The van der Waals surface area contributed by atoms with E-state index in [1.807, 2.05) is 0 Å². The van der Waals surface area contributed by atoms with Crippen LogP contribution in [0.2, 0.25) is 0 Å². The number of hydrogen-bond acceptors (Lipinski definition) is 0. The Morgan fingerprint density at radius 2 is 1.62 bits per heavy atom. The lowest BCUT2D eigenvalue weighted by molar-refractivity contribution is -0.943. The Hall–Kier alpha value is -0.300. The molecule has 0 aromatic carbocycles. The van der Waals surface area contributed by atoms with Crippen molar-refractivity contribution in [3.8, 4) is 0 Å². The summed E-state index contributed by atoms with van der Waals surface area (Å²) in [4.78, 5) is 0. The third-order valence-corrected chi connectivity index (χ3v) is 4.47. The minimum atomic E-state index is 0.738. The molecule has 1 atom stereocenters. The number of hydrogen-bond donors (Lipinski definition) is 0. The third kappa shape index (κ3) is 2.88. The maximum absolute atomic E-state index is 2.45. The highest BCUT2D eigenvalue weighted by Gasteiger charge is 2.34. The summed E-state index contributed by atoms with van der Waals surface area (Å²) in [5, 5.41) is 0. The van der Waals surface area contributed by atoms with Gasteiger partial charge in [-0.1, -0.05) is 19.4 Å². The molecule has 0 heterocycles. The molecule has 1 heteroatoms. The monoisotopic (exact) mass is 224 g/mol. The second kappa shape index (κ2) is 5.86. The SMILES string of the molecule is CCC[N+](CC)(CCC)C(C)C(C)=C1CC1. The van der Waals surface area contributed by atoms with E-state index in [4.69, 9.17) is 0 Å². The maximum atomic E-state index is 2.45. The minimum absolute atomic E-state index is 0.738. The zero-order valence-electron chi connectivity index (χ0n) is 12.0. The van der Waals surface area contributed by atoms with Crippen molar-refractivity contribution in [1.82, 2.24) is 0 Å². The molecule has 94 valence electrons. The van der Waals surface area contributed by atoms with Gasteiger partial charge in [0.1, 0.15) is 6.04 Å². The number of rotatable bonds is 7. The first kappa shape index (κ1) is 13.8. The highest BCUT2D eigenvalue weighted by molar-refractivity contribution is 5.25. The van der Waals surface area contributed by atoms with Crippen molar-refractivity contribution in [3.05, 3.63) is 11.1 Å². The van der Waals surface area contributed by atoms with Crippen LogP contribution in [-0.4, -0.2) is 30.2 Å². The van der Waals surface area contributed by atoms with E-state index in [-0.39, 0.29) is 0 Å². The molecule has 1 aliphatic carbocycles. The molecule has 1 saturated carbocycles. The van der Waals surface area contributed by atoms with E-state index in [1.165, 1.54) is 49.8 Å².